The zero-order valence-corrected chi connectivity index (χ0v) is 14.0. The molecule has 1 aliphatic rings. The van der Waals surface area contributed by atoms with E-state index in [4.69, 9.17) is 5.73 Å². The Morgan fingerprint density at radius 2 is 1.86 bits per heavy atom. The Kier molecular flexibility index (Phi) is 2.90. The van der Waals surface area contributed by atoms with Gasteiger partial charge in [0.05, 0.1) is 5.69 Å². The normalized spacial score (nSPS) is 19.7. The number of fused-ring (bicyclic) bond motifs is 1. The highest BCUT2D eigenvalue weighted by atomic mass is 32.1. The number of nitrogens with two attached hydrogens (primary N) is 1. The molecule has 0 atom stereocenters. The van der Waals surface area contributed by atoms with Crippen LogP contribution in [0.5, 0.6) is 0 Å². The molecule has 0 unspecified atom stereocenters. The molecule has 0 saturated heterocycles. The van der Waals surface area contributed by atoms with Gasteiger partial charge in [0.2, 0.25) is 0 Å². The third-order valence-electron chi connectivity index (χ3n) is 5.45. The molecule has 3 rings (SSSR count). The lowest BCUT2D eigenvalue weighted by atomic mass is 10.0. The molecule has 3 N–H and O–H groups in total. The van der Waals surface area contributed by atoms with Crippen LogP contribution in [0.1, 0.15) is 42.9 Å². The van der Waals surface area contributed by atoms with Crippen molar-refractivity contribution in [3.63, 3.8) is 0 Å². The van der Waals surface area contributed by atoms with E-state index in [9.17, 15) is 4.79 Å². The van der Waals surface area contributed by atoms with Gasteiger partial charge in [-0.15, -0.1) is 11.3 Å². The predicted molar refractivity (Wildman–Crippen MR) is 89.8 cm³/mol. The summed E-state index contributed by atoms with van der Waals surface area (Å²) in [4.78, 5) is 13.2. The molecular weight excluding hydrogens is 280 g/mol. The van der Waals surface area contributed by atoms with Crippen molar-refractivity contribution < 1.29 is 4.79 Å². The van der Waals surface area contributed by atoms with E-state index in [2.05, 4.69) is 33.0 Å². The Bertz CT molecular complexity index is 729. The summed E-state index contributed by atoms with van der Waals surface area (Å²) in [6, 6.07) is 6.21. The molecule has 0 bridgehead atoms. The molecule has 1 saturated carbocycles. The van der Waals surface area contributed by atoms with Crippen LogP contribution in [0.2, 0.25) is 0 Å². The van der Waals surface area contributed by atoms with Crippen LogP contribution in [0.25, 0.3) is 10.1 Å². The van der Waals surface area contributed by atoms with Crippen molar-refractivity contribution in [1.82, 2.24) is 5.32 Å². The summed E-state index contributed by atoms with van der Waals surface area (Å²) in [5, 5.41) is 4.15. The van der Waals surface area contributed by atoms with E-state index in [1.54, 1.807) is 0 Å². The van der Waals surface area contributed by atoms with Gasteiger partial charge in [0.25, 0.3) is 5.91 Å². The second-order valence-corrected chi connectivity index (χ2v) is 8.17. The number of anilines is 1. The summed E-state index contributed by atoms with van der Waals surface area (Å²) in [5.41, 5.74) is 8.21. The Labute approximate surface area is 129 Å². The molecule has 1 amide bonds. The number of hydrogen-bond donors (Lipinski definition) is 2. The van der Waals surface area contributed by atoms with Crippen molar-refractivity contribution in [2.45, 2.75) is 40.7 Å². The molecule has 1 aromatic heterocycles. The van der Waals surface area contributed by atoms with Crippen molar-refractivity contribution in [3.05, 3.63) is 28.6 Å². The maximum atomic E-state index is 12.6. The summed E-state index contributed by atoms with van der Waals surface area (Å²) >= 11 is 1.49. The molecule has 1 fully saturated rings. The monoisotopic (exact) mass is 302 g/mol. The maximum absolute atomic E-state index is 12.6. The van der Waals surface area contributed by atoms with E-state index in [1.165, 1.54) is 11.3 Å². The fourth-order valence-corrected chi connectivity index (χ4v) is 4.29. The first-order valence-corrected chi connectivity index (χ1v) is 8.08. The van der Waals surface area contributed by atoms with E-state index in [0.717, 1.165) is 15.6 Å². The smallest absolute Gasteiger partial charge is 0.263 e. The molecule has 112 valence electrons. The van der Waals surface area contributed by atoms with Crippen LogP contribution in [0.3, 0.4) is 0 Å². The molecule has 0 aliphatic heterocycles. The van der Waals surface area contributed by atoms with Crippen molar-refractivity contribution in [1.29, 1.82) is 0 Å². The average Bonchev–Trinajstić information content (AvgIpc) is 2.71. The molecule has 1 aromatic carbocycles. The molecule has 3 nitrogen and oxygen atoms in total. The molecule has 21 heavy (non-hydrogen) atoms. The molecule has 4 heteroatoms. The van der Waals surface area contributed by atoms with Gasteiger partial charge in [-0.25, -0.2) is 0 Å². The van der Waals surface area contributed by atoms with Crippen molar-refractivity contribution >= 4 is 33.0 Å². The van der Waals surface area contributed by atoms with Crippen LogP contribution in [-0.4, -0.2) is 11.9 Å². The van der Waals surface area contributed by atoms with E-state index in [1.807, 2.05) is 25.1 Å². The van der Waals surface area contributed by atoms with Gasteiger partial charge in [-0.3, -0.25) is 4.79 Å². The Morgan fingerprint density at radius 3 is 2.38 bits per heavy atom. The second-order valence-electron chi connectivity index (χ2n) is 7.15. The van der Waals surface area contributed by atoms with Gasteiger partial charge < -0.3 is 11.1 Å². The highest BCUT2D eigenvalue weighted by Gasteiger charge is 2.65. The Morgan fingerprint density at radius 1 is 1.24 bits per heavy atom. The topological polar surface area (TPSA) is 55.1 Å². The number of thiophene rings is 1. The summed E-state index contributed by atoms with van der Waals surface area (Å²) in [5.74, 6) is -0.0447. The van der Waals surface area contributed by atoms with Crippen molar-refractivity contribution in [2.75, 3.05) is 5.73 Å². The maximum Gasteiger partial charge on any atom is 0.263 e. The predicted octanol–water partition coefficient (Wildman–Crippen LogP) is 3.96. The van der Waals surface area contributed by atoms with E-state index < -0.39 is 0 Å². The number of nitrogens with one attached hydrogen (secondary N) is 1. The molecular formula is C17H22N2OS. The number of aryl methyl sites for hydroxylation is 1. The third kappa shape index (κ3) is 1.89. The SMILES string of the molecule is Cc1cccc2c(N)c(C(=O)NC3C(C)(C)C3(C)C)sc12. The Balaban J connectivity index is 1.93. The minimum absolute atomic E-state index is 0.0447. The molecule has 0 spiro atoms. The molecule has 2 aromatic rings. The molecule has 0 radical (unpaired) electrons. The minimum atomic E-state index is -0.0447. The lowest BCUT2D eigenvalue weighted by Gasteiger charge is -2.06. The number of hydrogen-bond acceptors (Lipinski definition) is 3. The standard InChI is InChI=1S/C17H22N2OS/c1-9-7-6-8-10-11(18)13(21-12(9)10)14(20)19-15-16(2,3)17(15,4)5/h6-8,15H,18H2,1-5H3,(H,19,20). The zero-order chi connectivity index (χ0) is 15.6. The lowest BCUT2D eigenvalue weighted by molar-refractivity contribution is 0.0948. The molecule has 1 heterocycles. The number of benzene rings is 1. The van der Waals surface area contributed by atoms with Crippen molar-refractivity contribution in [3.8, 4) is 0 Å². The third-order valence-corrected chi connectivity index (χ3v) is 6.81. The van der Waals surface area contributed by atoms with Gasteiger partial charge in [0.1, 0.15) is 4.88 Å². The highest BCUT2D eigenvalue weighted by Crippen LogP contribution is 2.62. The number of carbonyl (C=O) groups is 1. The van der Waals surface area contributed by atoms with Crippen LogP contribution < -0.4 is 11.1 Å². The van der Waals surface area contributed by atoms with Crippen LogP contribution in [0.15, 0.2) is 18.2 Å². The van der Waals surface area contributed by atoms with Gasteiger partial charge in [-0.1, -0.05) is 45.9 Å². The first-order valence-electron chi connectivity index (χ1n) is 7.26. The van der Waals surface area contributed by atoms with E-state index in [0.29, 0.717) is 10.6 Å². The minimum Gasteiger partial charge on any atom is -0.397 e. The lowest BCUT2D eigenvalue weighted by Crippen LogP contribution is -2.29. The van der Waals surface area contributed by atoms with Crippen molar-refractivity contribution in [2.24, 2.45) is 10.8 Å². The van der Waals surface area contributed by atoms with Crippen LogP contribution >= 0.6 is 11.3 Å². The first kappa shape index (κ1) is 14.4. The second kappa shape index (κ2) is 4.23. The number of rotatable bonds is 2. The fourth-order valence-electron chi connectivity index (χ4n) is 3.20. The van der Waals surface area contributed by atoms with Gasteiger partial charge in [0.15, 0.2) is 0 Å². The quantitative estimate of drug-likeness (QED) is 0.882. The fraction of sp³-hybridized carbons (Fsp3) is 0.471. The number of nitrogen functional groups attached to an aromatic ring is 1. The molecule has 1 aliphatic carbocycles. The average molecular weight is 302 g/mol. The summed E-state index contributed by atoms with van der Waals surface area (Å²) in [6.45, 7) is 10.8. The van der Waals surface area contributed by atoms with Gasteiger partial charge in [0, 0.05) is 16.1 Å². The van der Waals surface area contributed by atoms with Crippen LogP contribution in [0, 0.1) is 17.8 Å². The first-order chi connectivity index (χ1) is 9.68. The van der Waals surface area contributed by atoms with Crippen LogP contribution in [0.4, 0.5) is 5.69 Å². The summed E-state index contributed by atoms with van der Waals surface area (Å²) in [7, 11) is 0. The summed E-state index contributed by atoms with van der Waals surface area (Å²) in [6.07, 6.45) is 0. The highest BCUT2D eigenvalue weighted by molar-refractivity contribution is 7.21. The largest absolute Gasteiger partial charge is 0.397 e. The van der Waals surface area contributed by atoms with Crippen LogP contribution in [-0.2, 0) is 0 Å². The summed E-state index contributed by atoms with van der Waals surface area (Å²) < 4.78 is 1.11. The zero-order valence-electron chi connectivity index (χ0n) is 13.2. The number of amides is 1. The van der Waals surface area contributed by atoms with E-state index in [-0.39, 0.29) is 22.8 Å². The Hall–Kier alpha value is -1.55. The van der Waals surface area contributed by atoms with Gasteiger partial charge in [-0.05, 0) is 23.3 Å². The number of carbonyl (C=O) groups excluding carboxylic acids is 1. The van der Waals surface area contributed by atoms with Gasteiger partial charge >= 0.3 is 0 Å². The van der Waals surface area contributed by atoms with E-state index >= 15 is 0 Å². The van der Waals surface area contributed by atoms with Gasteiger partial charge in [-0.2, -0.15) is 0 Å².